The third kappa shape index (κ3) is 11.1. The van der Waals surface area contributed by atoms with Gasteiger partial charge < -0.3 is 30.6 Å². The molecule has 0 bridgehead atoms. The van der Waals surface area contributed by atoms with Crippen molar-refractivity contribution in [2.45, 2.75) is 91.5 Å². The van der Waals surface area contributed by atoms with Crippen LogP contribution < -0.4 is 16.0 Å². The summed E-state index contributed by atoms with van der Waals surface area (Å²) in [5, 5.41) is 11.5. The second kappa shape index (κ2) is 18.4. The van der Waals surface area contributed by atoms with Crippen molar-refractivity contribution in [3.63, 3.8) is 0 Å². The third-order valence-corrected chi connectivity index (χ3v) is 7.53. The Bertz CT molecular complexity index is 1240. The average molecular weight is 593 g/mol. The highest BCUT2D eigenvalue weighted by atomic mass is 16.5. The number of benzene rings is 2. The normalized spacial score (nSPS) is 13.0. The van der Waals surface area contributed by atoms with Crippen LogP contribution in [0.25, 0.3) is 10.8 Å². The summed E-state index contributed by atoms with van der Waals surface area (Å²) in [7, 11) is 0. The summed E-state index contributed by atoms with van der Waals surface area (Å²) >= 11 is 0. The van der Waals surface area contributed by atoms with Crippen molar-refractivity contribution in [3.05, 3.63) is 65.7 Å². The number of fused-ring (bicyclic) bond motifs is 1. The van der Waals surface area contributed by atoms with Crippen molar-refractivity contribution < 1.29 is 14.3 Å². The fourth-order valence-electron chi connectivity index (χ4n) is 5.31. The maximum atomic E-state index is 13.7. The van der Waals surface area contributed by atoms with E-state index >= 15 is 0 Å². The first-order valence-electron chi connectivity index (χ1n) is 16.0. The Balaban J connectivity index is 1.71. The van der Waals surface area contributed by atoms with Crippen LogP contribution in [0.2, 0.25) is 0 Å². The van der Waals surface area contributed by atoms with Gasteiger partial charge in [-0.3, -0.25) is 9.59 Å². The highest BCUT2D eigenvalue weighted by Crippen LogP contribution is 2.24. The molecule has 1 aromatic heterocycles. The number of carbonyl (C=O) groups excluding carboxylic acids is 2. The van der Waals surface area contributed by atoms with Gasteiger partial charge in [-0.05, 0) is 94.9 Å². The van der Waals surface area contributed by atoms with Gasteiger partial charge in [-0.1, -0.05) is 44.2 Å². The van der Waals surface area contributed by atoms with Crippen LogP contribution >= 0.6 is 0 Å². The molecule has 3 rings (SSSR count). The summed E-state index contributed by atoms with van der Waals surface area (Å²) in [5.41, 5.74) is 1.66. The van der Waals surface area contributed by atoms with Gasteiger partial charge in [-0.15, -0.1) is 0 Å². The monoisotopic (exact) mass is 592 g/mol. The van der Waals surface area contributed by atoms with Crippen LogP contribution in [0.3, 0.4) is 0 Å². The predicted molar refractivity (Wildman–Crippen MR) is 174 cm³/mol. The molecule has 0 radical (unpaired) electrons. The zero-order valence-corrected chi connectivity index (χ0v) is 26.7. The van der Waals surface area contributed by atoms with E-state index in [1.165, 1.54) is 0 Å². The lowest BCUT2D eigenvalue weighted by Crippen LogP contribution is -2.47. The molecule has 236 valence electrons. The van der Waals surface area contributed by atoms with E-state index in [2.05, 4.69) is 51.6 Å². The number of aromatic amines is 1. The molecule has 1 heterocycles. The van der Waals surface area contributed by atoms with Gasteiger partial charge in [0.15, 0.2) is 0 Å². The number of H-pyrrole nitrogens is 1. The van der Waals surface area contributed by atoms with Gasteiger partial charge in [0, 0.05) is 37.7 Å². The molecule has 3 aromatic rings. The predicted octanol–water partition coefficient (Wildman–Crippen LogP) is 5.35. The SMILES string of the molecule is CCCN(CCC)CCC[C@H](NC(=O)c1ccc(CNC(C)c2ncc[nH]2)c2ccccc12)C(=O)NCCCOC(C)C. The van der Waals surface area contributed by atoms with E-state index in [1.807, 2.05) is 56.4 Å². The summed E-state index contributed by atoms with van der Waals surface area (Å²) in [4.78, 5) is 36.9. The van der Waals surface area contributed by atoms with Crippen molar-refractivity contribution in [3.8, 4) is 0 Å². The number of nitrogens with zero attached hydrogens (tertiary/aromatic N) is 2. The second-order valence-corrected chi connectivity index (χ2v) is 11.5. The van der Waals surface area contributed by atoms with Crippen molar-refractivity contribution >= 4 is 22.6 Å². The van der Waals surface area contributed by atoms with E-state index in [0.29, 0.717) is 31.7 Å². The van der Waals surface area contributed by atoms with Crippen molar-refractivity contribution in [2.75, 3.05) is 32.8 Å². The maximum Gasteiger partial charge on any atom is 0.252 e. The molecule has 1 unspecified atom stereocenters. The summed E-state index contributed by atoms with van der Waals surface area (Å²) in [5.74, 6) is 0.499. The first-order valence-corrected chi connectivity index (χ1v) is 16.0. The third-order valence-electron chi connectivity index (χ3n) is 7.53. The molecule has 9 nitrogen and oxygen atoms in total. The first-order chi connectivity index (χ1) is 20.8. The lowest BCUT2D eigenvalue weighted by atomic mass is 9.98. The molecule has 43 heavy (non-hydrogen) atoms. The smallest absolute Gasteiger partial charge is 0.252 e. The van der Waals surface area contributed by atoms with Crippen molar-refractivity contribution in [1.29, 1.82) is 0 Å². The summed E-state index contributed by atoms with van der Waals surface area (Å²) in [6, 6.07) is 11.3. The van der Waals surface area contributed by atoms with E-state index in [-0.39, 0.29) is 24.0 Å². The van der Waals surface area contributed by atoms with Crippen LogP contribution in [0.15, 0.2) is 48.8 Å². The van der Waals surface area contributed by atoms with Gasteiger partial charge >= 0.3 is 0 Å². The quantitative estimate of drug-likeness (QED) is 0.132. The zero-order valence-electron chi connectivity index (χ0n) is 26.7. The topological polar surface area (TPSA) is 111 Å². The molecule has 0 aliphatic carbocycles. The van der Waals surface area contributed by atoms with Crippen LogP contribution in [-0.4, -0.2) is 71.6 Å². The van der Waals surface area contributed by atoms with Crippen LogP contribution in [-0.2, 0) is 16.1 Å². The number of rotatable bonds is 20. The summed E-state index contributed by atoms with van der Waals surface area (Å²) in [6.45, 7) is 15.2. The Labute approximate surface area is 257 Å². The number of hydrogen-bond acceptors (Lipinski definition) is 6. The van der Waals surface area contributed by atoms with E-state index in [0.717, 1.165) is 67.5 Å². The fourth-order valence-corrected chi connectivity index (χ4v) is 5.31. The highest BCUT2D eigenvalue weighted by molar-refractivity contribution is 6.08. The lowest BCUT2D eigenvalue weighted by molar-refractivity contribution is -0.123. The average Bonchev–Trinajstić information content (AvgIpc) is 3.54. The Hall–Kier alpha value is -3.27. The Morgan fingerprint density at radius 3 is 2.40 bits per heavy atom. The molecule has 0 spiro atoms. The van der Waals surface area contributed by atoms with E-state index in [4.69, 9.17) is 4.74 Å². The Kier molecular flexibility index (Phi) is 14.6. The lowest BCUT2D eigenvalue weighted by Gasteiger charge is -2.23. The molecule has 0 saturated heterocycles. The van der Waals surface area contributed by atoms with E-state index in [9.17, 15) is 9.59 Å². The van der Waals surface area contributed by atoms with Crippen LogP contribution in [0.1, 0.15) is 94.5 Å². The van der Waals surface area contributed by atoms with E-state index < -0.39 is 6.04 Å². The number of amides is 2. The number of carbonyl (C=O) groups is 2. The molecule has 0 saturated carbocycles. The zero-order chi connectivity index (χ0) is 31.0. The number of hydrogen-bond donors (Lipinski definition) is 4. The summed E-state index contributed by atoms with van der Waals surface area (Å²) in [6.07, 6.45) is 8.05. The first kappa shape index (κ1) is 34.2. The van der Waals surface area contributed by atoms with Gasteiger partial charge in [0.25, 0.3) is 5.91 Å². The van der Waals surface area contributed by atoms with Gasteiger partial charge in [-0.2, -0.15) is 0 Å². The number of nitrogens with one attached hydrogen (secondary N) is 4. The van der Waals surface area contributed by atoms with Gasteiger partial charge in [0.2, 0.25) is 5.91 Å². The fraction of sp³-hybridized carbons (Fsp3) is 0.559. The Morgan fingerprint density at radius 2 is 1.72 bits per heavy atom. The molecule has 0 aliphatic heterocycles. The van der Waals surface area contributed by atoms with Crippen LogP contribution in [0.4, 0.5) is 0 Å². The van der Waals surface area contributed by atoms with Crippen molar-refractivity contribution in [1.82, 2.24) is 30.8 Å². The molecule has 4 N–H and O–H groups in total. The maximum absolute atomic E-state index is 13.7. The molecule has 0 fully saturated rings. The number of imidazole rings is 1. The van der Waals surface area contributed by atoms with Crippen LogP contribution in [0, 0.1) is 0 Å². The number of ether oxygens (including phenoxy) is 1. The highest BCUT2D eigenvalue weighted by Gasteiger charge is 2.23. The van der Waals surface area contributed by atoms with Gasteiger partial charge in [-0.25, -0.2) is 4.98 Å². The molecular formula is C34H52N6O3. The standard InChI is InChI=1S/C34H52N6O3/c1-6-20-40(21-7-2)22-10-14-31(34(42)37-17-11-23-43-25(3)4)39-33(41)30-16-15-27(28-12-8-9-13-29(28)30)24-38-26(5)32-35-18-19-36-32/h8-9,12-13,15-16,18-19,25-26,31,38H,6-7,10-11,14,17,20-24H2,1-5H3,(H,35,36)(H,37,42)(H,39,41)/t26?,31-/m0/s1. The molecule has 2 amide bonds. The molecule has 9 heteroatoms. The van der Waals surface area contributed by atoms with Gasteiger partial charge in [0.05, 0.1) is 12.1 Å². The molecule has 2 aromatic carbocycles. The minimum atomic E-state index is -0.613. The second-order valence-electron chi connectivity index (χ2n) is 11.5. The van der Waals surface area contributed by atoms with Gasteiger partial charge in [0.1, 0.15) is 11.9 Å². The molecule has 0 aliphatic rings. The Morgan fingerprint density at radius 1 is 0.977 bits per heavy atom. The minimum Gasteiger partial charge on any atom is -0.379 e. The van der Waals surface area contributed by atoms with E-state index in [1.54, 1.807) is 6.20 Å². The number of aromatic nitrogens is 2. The van der Waals surface area contributed by atoms with Crippen LogP contribution in [0.5, 0.6) is 0 Å². The molecular weight excluding hydrogens is 540 g/mol. The molecule has 2 atom stereocenters. The largest absolute Gasteiger partial charge is 0.379 e. The summed E-state index contributed by atoms with van der Waals surface area (Å²) < 4.78 is 5.61. The minimum absolute atomic E-state index is 0.0542. The van der Waals surface area contributed by atoms with Crippen molar-refractivity contribution in [2.24, 2.45) is 0 Å².